The molecule has 218 valence electrons. The molecule has 2 saturated heterocycles. The van der Waals surface area contributed by atoms with Crippen molar-refractivity contribution in [3.63, 3.8) is 0 Å². The number of urea groups is 1. The highest BCUT2D eigenvalue weighted by Gasteiger charge is 2.34. The number of hydrogen-bond acceptors (Lipinski definition) is 6. The largest absolute Gasteiger partial charge is 0.342 e. The van der Waals surface area contributed by atoms with Gasteiger partial charge < -0.3 is 20.4 Å². The van der Waals surface area contributed by atoms with E-state index in [1.165, 1.54) is 12.1 Å². The van der Waals surface area contributed by atoms with E-state index < -0.39 is 0 Å². The van der Waals surface area contributed by atoms with E-state index in [1.807, 2.05) is 35.2 Å². The topological polar surface area (TPSA) is 108 Å². The van der Waals surface area contributed by atoms with Crippen molar-refractivity contribution in [2.24, 2.45) is 18.9 Å². The summed E-state index contributed by atoms with van der Waals surface area (Å²) in [6.45, 7) is 5.57. The van der Waals surface area contributed by atoms with E-state index in [0.29, 0.717) is 36.9 Å². The molecule has 2 aromatic carbocycles. The molecule has 0 bridgehead atoms. The Morgan fingerprint density at radius 2 is 1.90 bits per heavy atom. The highest BCUT2D eigenvalue weighted by atomic mass is 79.9. The predicted molar refractivity (Wildman–Crippen MR) is 158 cm³/mol. The normalized spacial score (nSPS) is 21.5. The van der Waals surface area contributed by atoms with Crippen LogP contribution in [0, 0.1) is 17.7 Å². The number of tetrazole rings is 1. The standard InChI is InChI=1S/C29H36BrFN8O2/c1-19(40)39-11-9-27(33-29(41)32-26-14-22(13-24(30)15-26)28-34-35-36-37(28)2)23(18-39)17-38-10-3-4-21(16-38)12-20-5-7-25(31)8-6-20/h5-8,13-15,21,23,27H,3-4,9-12,16-18H2,1-2H3,(H2,32,33,41)/t21-,23+,27+/m0/s1. The lowest BCUT2D eigenvalue weighted by atomic mass is 9.88. The number of amides is 3. The lowest BCUT2D eigenvalue weighted by Crippen LogP contribution is -2.56. The fourth-order valence-corrected chi connectivity index (χ4v) is 6.56. The lowest BCUT2D eigenvalue weighted by Gasteiger charge is -2.42. The summed E-state index contributed by atoms with van der Waals surface area (Å²) in [5, 5.41) is 17.8. The molecule has 2 aliphatic heterocycles. The molecule has 0 radical (unpaired) electrons. The Bertz CT molecular complexity index is 1370. The monoisotopic (exact) mass is 626 g/mol. The molecule has 0 spiro atoms. The smallest absolute Gasteiger partial charge is 0.319 e. The molecule has 2 N–H and O–H groups in total. The number of benzene rings is 2. The van der Waals surface area contributed by atoms with Gasteiger partial charge in [-0.2, -0.15) is 0 Å². The number of halogens is 2. The molecule has 5 rings (SSSR count). The van der Waals surface area contributed by atoms with Gasteiger partial charge in [0.25, 0.3) is 0 Å². The van der Waals surface area contributed by atoms with Crippen LogP contribution in [0.2, 0.25) is 0 Å². The van der Waals surface area contributed by atoms with E-state index >= 15 is 0 Å². The van der Waals surface area contributed by atoms with Crippen LogP contribution in [0.3, 0.4) is 0 Å². The summed E-state index contributed by atoms with van der Waals surface area (Å²) < 4.78 is 15.7. The number of nitrogens with one attached hydrogen (secondary N) is 2. The summed E-state index contributed by atoms with van der Waals surface area (Å²) in [5.74, 6) is 1.03. The molecular weight excluding hydrogens is 591 g/mol. The quantitative estimate of drug-likeness (QED) is 0.409. The van der Waals surface area contributed by atoms with Crippen molar-refractivity contribution in [2.75, 3.05) is 38.0 Å². The molecule has 3 heterocycles. The molecule has 10 nitrogen and oxygen atoms in total. The van der Waals surface area contributed by atoms with Crippen molar-refractivity contribution in [1.82, 2.24) is 35.3 Å². The average Bonchev–Trinajstić information content (AvgIpc) is 3.36. The molecule has 3 amide bonds. The summed E-state index contributed by atoms with van der Waals surface area (Å²) in [5.41, 5.74) is 2.54. The number of anilines is 1. The van der Waals surface area contributed by atoms with Gasteiger partial charge in [0, 0.05) is 67.8 Å². The summed E-state index contributed by atoms with van der Waals surface area (Å²) in [7, 11) is 1.76. The number of piperidine rings is 2. The lowest BCUT2D eigenvalue weighted by molar-refractivity contribution is -0.131. The predicted octanol–water partition coefficient (Wildman–Crippen LogP) is 4.09. The molecule has 1 aromatic heterocycles. The Morgan fingerprint density at radius 1 is 1.10 bits per heavy atom. The zero-order valence-electron chi connectivity index (χ0n) is 23.4. The minimum atomic E-state index is -0.288. The van der Waals surface area contributed by atoms with Gasteiger partial charge in [0.15, 0.2) is 5.82 Å². The highest BCUT2D eigenvalue weighted by molar-refractivity contribution is 9.10. The Balaban J connectivity index is 1.23. The van der Waals surface area contributed by atoms with Crippen molar-refractivity contribution >= 4 is 33.6 Å². The van der Waals surface area contributed by atoms with Crippen molar-refractivity contribution in [2.45, 2.75) is 38.6 Å². The van der Waals surface area contributed by atoms with Gasteiger partial charge >= 0.3 is 6.03 Å². The van der Waals surface area contributed by atoms with Crippen molar-refractivity contribution < 1.29 is 14.0 Å². The number of hydrogen-bond donors (Lipinski definition) is 2. The number of rotatable bonds is 7. The molecule has 12 heteroatoms. The van der Waals surface area contributed by atoms with Crippen LogP contribution >= 0.6 is 15.9 Å². The molecule has 0 aliphatic carbocycles. The number of aryl methyl sites for hydroxylation is 1. The summed E-state index contributed by atoms with van der Waals surface area (Å²) >= 11 is 3.52. The van der Waals surface area contributed by atoms with Crippen LogP contribution in [-0.2, 0) is 18.3 Å². The maximum absolute atomic E-state index is 13.4. The zero-order chi connectivity index (χ0) is 28.9. The second kappa shape index (κ2) is 13.1. The summed E-state index contributed by atoms with van der Waals surface area (Å²) in [4.78, 5) is 29.8. The third kappa shape index (κ3) is 7.68. The van der Waals surface area contributed by atoms with Gasteiger partial charge in [-0.15, -0.1) is 5.10 Å². The molecule has 3 atom stereocenters. The van der Waals surface area contributed by atoms with Gasteiger partial charge in [-0.05, 0) is 84.5 Å². The van der Waals surface area contributed by atoms with Crippen LogP contribution in [0.15, 0.2) is 46.9 Å². The van der Waals surface area contributed by atoms with Gasteiger partial charge in [0.1, 0.15) is 5.82 Å². The van der Waals surface area contributed by atoms with Gasteiger partial charge in [0.05, 0.1) is 0 Å². The third-order valence-electron chi connectivity index (χ3n) is 8.06. The third-order valence-corrected chi connectivity index (χ3v) is 8.52. The first-order valence-corrected chi connectivity index (χ1v) is 14.9. The number of carbonyl (C=O) groups is 2. The van der Waals surface area contributed by atoms with Gasteiger partial charge in [0.2, 0.25) is 5.91 Å². The summed E-state index contributed by atoms with van der Waals surface area (Å²) in [6.07, 6.45) is 3.85. The summed E-state index contributed by atoms with van der Waals surface area (Å²) in [6, 6.07) is 12.0. The minimum Gasteiger partial charge on any atom is -0.342 e. The Morgan fingerprint density at radius 3 is 2.63 bits per heavy atom. The second-order valence-corrected chi connectivity index (χ2v) is 12.1. The average molecular weight is 628 g/mol. The zero-order valence-corrected chi connectivity index (χ0v) is 25.0. The highest BCUT2D eigenvalue weighted by Crippen LogP contribution is 2.27. The van der Waals surface area contributed by atoms with E-state index in [-0.39, 0.29) is 29.7 Å². The molecule has 41 heavy (non-hydrogen) atoms. The molecular formula is C29H36BrFN8O2. The van der Waals surface area contributed by atoms with Crippen LogP contribution in [-0.4, -0.2) is 80.7 Å². The Hall–Kier alpha value is -3.38. The van der Waals surface area contributed by atoms with Crippen LogP contribution in [0.25, 0.3) is 11.4 Å². The minimum absolute atomic E-state index is 0.0608. The van der Waals surface area contributed by atoms with Crippen molar-refractivity contribution in [3.05, 3.63) is 58.3 Å². The van der Waals surface area contributed by atoms with Gasteiger partial charge in [-0.1, -0.05) is 28.1 Å². The number of aromatic nitrogens is 4. The number of nitrogens with zero attached hydrogens (tertiary/aromatic N) is 6. The van der Waals surface area contributed by atoms with E-state index in [2.05, 4.69) is 47.0 Å². The molecule has 3 aromatic rings. The molecule has 2 fully saturated rings. The van der Waals surface area contributed by atoms with Crippen LogP contribution in [0.1, 0.15) is 31.7 Å². The van der Waals surface area contributed by atoms with Crippen LogP contribution < -0.4 is 10.6 Å². The van der Waals surface area contributed by atoms with E-state index in [4.69, 9.17) is 0 Å². The number of carbonyl (C=O) groups excluding carboxylic acids is 2. The first-order valence-electron chi connectivity index (χ1n) is 14.1. The van der Waals surface area contributed by atoms with Crippen LogP contribution in [0.5, 0.6) is 0 Å². The molecule has 0 saturated carbocycles. The number of likely N-dealkylation sites (tertiary alicyclic amines) is 2. The fourth-order valence-electron chi connectivity index (χ4n) is 6.06. The molecule has 2 aliphatic rings. The van der Waals surface area contributed by atoms with E-state index in [1.54, 1.807) is 18.7 Å². The van der Waals surface area contributed by atoms with Crippen molar-refractivity contribution in [1.29, 1.82) is 0 Å². The molecule has 0 unspecified atom stereocenters. The maximum atomic E-state index is 13.4. The Labute approximate surface area is 247 Å². The first kappa shape index (κ1) is 29.1. The van der Waals surface area contributed by atoms with Gasteiger partial charge in [-0.25, -0.2) is 13.9 Å². The van der Waals surface area contributed by atoms with Gasteiger partial charge in [-0.3, -0.25) is 4.79 Å². The SMILES string of the molecule is CC(=O)N1CC[C@@H](NC(=O)Nc2cc(Br)cc(-c3nnnn3C)c2)[C@H](CN2CCC[C@@H](Cc3ccc(F)cc3)C2)C1. The fraction of sp³-hybridized carbons (Fsp3) is 0.483. The second-order valence-electron chi connectivity index (χ2n) is 11.2. The van der Waals surface area contributed by atoms with E-state index in [0.717, 1.165) is 54.5 Å². The van der Waals surface area contributed by atoms with Crippen LogP contribution in [0.4, 0.5) is 14.9 Å². The first-order chi connectivity index (χ1) is 19.7. The maximum Gasteiger partial charge on any atom is 0.319 e. The Kier molecular flexibility index (Phi) is 9.29. The van der Waals surface area contributed by atoms with Crippen molar-refractivity contribution in [3.8, 4) is 11.4 Å². The van der Waals surface area contributed by atoms with E-state index in [9.17, 15) is 14.0 Å².